The maximum atomic E-state index is 4.54. The number of rotatable bonds is 0. The number of nitrogens with zero attached hydrogens (tertiary/aromatic N) is 3. The lowest BCUT2D eigenvalue weighted by atomic mass is 9.81. The normalized spacial score (nSPS) is 36.3. The number of aryl methyl sites for hydroxylation is 1. The van der Waals surface area contributed by atoms with E-state index < -0.39 is 0 Å². The molecular formula is C9H14N3P. The van der Waals surface area contributed by atoms with Gasteiger partial charge >= 0.3 is 0 Å². The summed E-state index contributed by atoms with van der Waals surface area (Å²) < 4.78 is 2.16. The largest absolute Gasteiger partial charge is 0.246 e. The highest BCUT2D eigenvalue weighted by Gasteiger charge is 2.43. The SMILES string of the molecule is Cc1nc2n(n1)C1CCC2(P)CC1. The first-order valence-electron chi connectivity index (χ1n) is 4.91. The van der Waals surface area contributed by atoms with E-state index in [9.17, 15) is 0 Å². The van der Waals surface area contributed by atoms with E-state index in [2.05, 4.69) is 24.0 Å². The van der Waals surface area contributed by atoms with Gasteiger partial charge in [0.1, 0.15) is 11.6 Å². The van der Waals surface area contributed by atoms with Crippen molar-refractivity contribution < 1.29 is 0 Å². The van der Waals surface area contributed by atoms with Gasteiger partial charge in [-0.15, -0.1) is 9.24 Å². The Morgan fingerprint density at radius 2 is 2.15 bits per heavy atom. The first-order valence-corrected chi connectivity index (χ1v) is 5.49. The van der Waals surface area contributed by atoms with Crippen LogP contribution in [0.15, 0.2) is 0 Å². The van der Waals surface area contributed by atoms with Crippen LogP contribution in [0.1, 0.15) is 43.4 Å². The highest BCUT2D eigenvalue weighted by Crippen LogP contribution is 2.52. The van der Waals surface area contributed by atoms with E-state index in [0.29, 0.717) is 6.04 Å². The van der Waals surface area contributed by atoms with E-state index in [-0.39, 0.29) is 5.16 Å². The number of aromatic nitrogens is 3. The first kappa shape index (κ1) is 7.93. The summed E-state index contributed by atoms with van der Waals surface area (Å²) >= 11 is 0. The molecule has 1 saturated carbocycles. The van der Waals surface area contributed by atoms with Gasteiger partial charge in [-0.1, -0.05) is 0 Å². The molecule has 3 aliphatic rings. The highest BCUT2D eigenvalue weighted by molar-refractivity contribution is 7.18. The van der Waals surface area contributed by atoms with Crippen molar-refractivity contribution in [2.24, 2.45) is 0 Å². The molecule has 1 atom stereocenters. The predicted octanol–water partition coefficient (Wildman–Crippen LogP) is 1.79. The summed E-state index contributed by atoms with van der Waals surface area (Å²) in [7, 11) is 3.00. The molecule has 0 aromatic carbocycles. The van der Waals surface area contributed by atoms with Gasteiger partial charge in [-0.3, -0.25) is 0 Å². The third-order valence-electron chi connectivity index (χ3n) is 3.38. The molecule has 3 heterocycles. The number of hydrogen-bond donors (Lipinski definition) is 0. The van der Waals surface area contributed by atoms with Crippen LogP contribution in [-0.4, -0.2) is 14.8 Å². The van der Waals surface area contributed by atoms with Crippen molar-refractivity contribution in [3.05, 3.63) is 11.6 Å². The van der Waals surface area contributed by atoms with Crippen molar-refractivity contribution in [3.8, 4) is 0 Å². The zero-order valence-electron chi connectivity index (χ0n) is 7.82. The first-order chi connectivity index (χ1) is 6.19. The van der Waals surface area contributed by atoms with Crippen molar-refractivity contribution in [2.45, 2.75) is 43.8 Å². The lowest BCUT2D eigenvalue weighted by Gasteiger charge is -2.43. The van der Waals surface area contributed by atoms with Crippen LogP contribution >= 0.6 is 9.24 Å². The molecule has 1 aromatic rings. The Bertz CT molecular complexity index is 350. The summed E-state index contributed by atoms with van der Waals surface area (Å²) in [5.41, 5.74) is 0. The quantitative estimate of drug-likeness (QED) is 0.591. The minimum absolute atomic E-state index is 0.246. The Morgan fingerprint density at radius 3 is 2.77 bits per heavy atom. The molecular weight excluding hydrogens is 181 g/mol. The van der Waals surface area contributed by atoms with E-state index >= 15 is 0 Å². The van der Waals surface area contributed by atoms with Crippen LogP contribution in [0.5, 0.6) is 0 Å². The van der Waals surface area contributed by atoms with Gasteiger partial charge in [0, 0.05) is 5.16 Å². The molecule has 0 N–H and O–H groups in total. The smallest absolute Gasteiger partial charge is 0.147 e. The van der Waals surface area contributed by atoms with Gasteiger partial charge in [0.15, 0.2) is 0 Å². The molecule has 0 spiro atoms. The molecule has 3 nitrogen and oxygen atoms in total. The van der Waals surface area contributed by atoms with E-state index in [1.807, 2.05) is 6.92 Å². The van der Waals surface area contributed by atoms with Crippen LogP contribution in [0.25, 0.3) is 0 Å². The van der Waals surface area contributed by atoms with Crippen molar-refractivity contribution >= 4 is 9.24 Å². The summed E-state index contributed by atoms with van der Waals surface area (Å²) in [5, 5.41) is 4.72. The Kier molecular flexibility index (Phi) is 1.42. The van der Waals surface area contributed by atoms with Crippen LogP contribution in [0.4, 0.5) is 0 Å². The van der Waals surface area contributed by atoms with Crippen LogP contribution in [-0.2, 0) is 5.16 Å². The molecule has 0 saturated heterocycles. The molecule has 0 amide bonds. The summed E-state index contributed by atoms with van der Waals surface area (Å²) in [6.07, 6.45) is 5.08. The van der Waals surface area contributed by atoms with Crippen molar-refractivity contribution in [1.82, 2.24) is 14.8 Å². The molecule has 13 heavy (non-hydrogen) atoms. The maximum absolute atomic E-state index is 4.54. The summed E-state index contributed by atoms with van der Waals surface area (Å²) in [4.78, 5) is 4.54. The van der Waals surface area contributed by atoms with Crippen LogP contribution < -0.4 is 0 Å². The fourth-order valence-electron chi connectivity index (χ4n) is 2.61. The van der Waals surface area contributed by atoms with Gasteiger partial charge in [0.2, 0.25) is 0 Å². The third-order valence-corrected chi connectivity index (χ3v) is 4.21. The molecule has 4 heteroatoms. The lowest BCUT2D eigenvalue weighted by molar-refractivity contribution is 0.213. The third kappa shape index (κ3) is 0.940. The number of hydrogen-bond acceptors (Lipinski definition) is 2. The van der Waals surface area contributed by atoms with E-state index in [4.69, 9.17) is 0 Å². The van der Waals surface area contributed by atoms with Crippen LogP contribution in [0, 0.1) is 6.92 Å². The van der Waals surface area contributed by atoms with Crippen LogP contribution in [0.3, 0.4) is 0 Å². The second-order valence-corrected chi connectivity index (χ2v) is 5.42. The molecule has 2 aliphatic heterocycles. The van der Waals surface area contributed by atoms with Crippen molar-refractivity contribution in [3.63, 3.8) is 0 Å². The standard InChI is InChI=1S/C9H14N3P/c1-6-10-8-9(13)4-2-7(3-5-9)12(8)11-6/h7H,2-5,13H2,1H3. The minimum atomic E-state index is 0.246. The average Bonchev–Trinajstić information content (AvgIpc) is 2.49. The van der Waals surface area contributed by atoms with Gasteiger partial charge in [-0.05, 0) is 32.6 Å². The average molecular weight is 195 g/mol. The monoisotopic (exact) mass is 195 g/mol. The lowest BCUT2D eigenvalue weighted by Crippen LogP contribution is -2.38. The molecule has 1 aliphatic carbocycles. The Labute approximate surface area is 80.1 Å². The van der Waals surface area contributed by atoms with Gasteiger partial charge in [0.05, 0.1) is 6.04 Å². The Hall–Kier alpha value is -0.430. The maximum Gasteiger partial charge on any atom is 0.147 e. The van der Waals surface area contributed by atoms with Gasteiger partial charge in [0.25, 0.3) is 0 Å². The van der Waals surface area contributed by atoms with Gasteiger partial charge in [-0.25, -0.2) is 9.67 Å². The van der Waals surface area contributed by atoms with Crippen molar-refractivity contribution in [1.29, 1.82) is 0 Å². The summed E-state index contributed by atoms with van der Waals surface area (Å²) in [6.45, 7) is 1.98. The molecule has 1 aromatic heterocycles. The van der Waals surface area contributed by atoms with Crippen LogP contribution in [0.2, 0.25) is 0 Å². The zero-order valence-corrected chi connectivity index (χ0v) is 8.98. The van der Waals surface area contributed by atoms with Gasteiger partial charge in [-0.2, -0.15) is 5.10 Å². The minimum Gasteiger partial charge on any atom is -0.246 e. The molecule has 1 unspecified atom stereocenters. The summed E-state index contributed by atoms with van der Waals surface area (Å²) in [5.74, 6) is 2.13. The zero-order chi connectivity index (χ0) is 9.05. The van der Waals surface area contributed by atoms with E-state index in [1.54, 1.807) is 0 Å². The van der Waals surface area contributed by atoms with Gasteiger partial charge < -0.3 is 0 Å². The Morgan fingerprint density at radius 1 is 1.46 bits per heavy atom. The molecule has 1 fully saturated rings. The molecule has 4 rings (SSSR count). The number of fused-ring (bicyclic) bond motifs is 2. The Balaban J connectivity index is 2.23. The fourth-order valence-corrected chi connectivity index (χ4v) is 3.14. The second kappa shape index (κ2) is 2.33. The topological polar surface area (TPSA) is 30.7 Å². The highest BCUT2D eigenvalue weighted by atomic mass is 31.0. The van der Waals surface area contributed by atoms with Crippen molar-refractivity contribution in [2.75, 3.05) is 0 Å². The fraction of sp³-hybridized carbons (Fsp3) is 0.778. The second-order valence-electron chi connectivity index (χ2n) is 4.31. The van der Waals surface area contributed by atoms with E-state index in [0.717, 1.165) is 5.82 Å². The molecule has 70 valence electrons. The predicted molar refractivity (Wildman–Crippen MR) is 53.7 cm³/mol. The summed E-state index contributed by atoms with van der Waals surface area (Å²) in [6, 6.07) is 0.638. The molecule has 2 bridgehead atoms. The molecule has 0 radical (unpaired) electrons. The van der Waals surface area contributed by atoms with E-state index in [1.165, 1.54) is 31.5 Å².